The van der Waals surface area contributed by atoms with Crippen LogP contribution in [0.5, 0.6) is 0 Å². The number of amides is 1. The van der Waals surface area contributed by atoms with Gasteiger partial charge in [0.2, 0.25) is 0 Å². The van der Waals surface area contributed by atoms with Gasteiger partial charge in [0.15, 0.2) is 0 Å². The summed E-state index contributed by atoms with van der Waals surface area (Å²) in [4.78, 5) is 13.4. The first-order valence-electron chi connectivity index (χ1n) is 7.41. The van der Waals surface area contributed by atoms with E-state index in [0.717, 1.165) is 0 Å². The summed E-state index contributed by atoms with van der Waals surface area (Å²) < 4.78 is 35.0. The van der Waals surface area contributed by atoms with Gasteiger partial charge in [0.05, 0.1) is 12.3 Å². The monoisotopic (exact) mass is 348 g/mol. The zero-order chi connectivity index (χ0) is 17.0. The minimum absolute atomic E-state index is 0.160. The van der Waals surface area contributed by atoms with Crippen LogP contribution in [0.3, 0.4) is 0 Å². The predicted octanol–water partition coefficient (Wildman–Crippen LogP) is 3.44. The molecule has 2 heterocycles. The van der Waals surface area contributed by atoms with Crippen molar-refractivity contribution in [2.75, 3.05) is 13.1 Å². The summed E-state index contributed by atoms with van der Waals surface area (Å²) in [5.74, 6) is -0.995. The van der Waals surface area contributed by atoms with Gasteiger partial charge in [-0.15, -0.1) is 0 Å². The van der Waals surface area contributed by atoms with Crippen molar-refractivity contribution >= 4 is 17.9 Å². The molecule has 0 radical (unpaired) electrons. The molecule has 0 aliphatic carbocycles. The first-order valence-corrected chi connectivity index (χ1v) is 8.46. The van der Waals surface area contributed by atoms with Crippen molar-refractivity contribution in [1.82, 2.24) is 10.2 Å². The number of nitrogens with one attached hydrogen (secondary N) is 1. The average molecular weight is 348 g/mol. The van der Waals surface area contributed by atoms with Gasteiger partial charge in [-0.25, -0.2) is 4.79 Å². The van der Waals surface area contributed by atoms with Gasteiger partial charge in [0, 0.05) is 19.1 Å². The summed E-state index contributed by atoms with van der Waals surface area (Å²) in [5.41, 5.74) is -0.490. The fourth-order valence-corrected chi connectivity index (χ4v) is 2.51. The van der Waals surface area contributed by atoms with E-state index in [-0.39, 0.29) is 17.9 Å². The second-order valence-electron chi connectivity index (χ2n) is 6.40. The van der Waals surface area contributed by atoms with E-state index in [1.54, 1.807) is 17.0 Å². The van der Waals surface area contributed by atoms with Crippen LogP contribution < -0.4 is 5.32 Å². The van der Waals surface area contributed by atoms with Crippen molar-refractivity contribution in [3.63, 3.8) is 0 Å². The Hall–Kier alpha value is -1.28. The number of halogens is 2. The van der Waals surface area contributed by atoms with E-state index in [1.807, 2.05) is 20.8 Å². The molecule has 0 aromatic carbocycles. The molecule has 1 fully saturated rings. The maximum atomic E-state index is 12.1. The van der Waals surface area contributed by atoms with Gasteiger partial charge in [-0.2, -0.15) is 8.78 Å². The Morgan fingerprint density at radius 2 is 2.09 bits per heavy atom. The standard InChI is InChI=1S/C15H22F2N2O3S/c1-15(2,3)22-14(20)19-7-10(8-19)18-6-11-4-5-12(21-11)9-23-13(16)17/h4-5,10,13,18H,6-9H2,1-3H3. The molecule has 0 unspecified atom stereocenters. The Labute approximate surface area is 138 Å². The fraction of sp³-hybridized carbons (Fsp3) is 0.667. The number of nitrogens with zero attached hydrogens (tertiary/aromatic N) is 1. The third-order valence-electron chi connectivity index (χ3n) is 3.17. The maximum Gasteiger partial charge on any atom is 0.410 e. The zero-order valence-electron chi connectivity index (χ0n) is 13.5. The van der Waals surface area contributed by atoms with Crippen LogP contribution in [-0.2, 0) is 17.0 Å². The molecule has 130 valence electrons. The summed E-state index contributed by atoms with van der Waals surface area (Å²) in [6.07, 6.45) is -0.306. The van der Waals surface area contributed by atoms with Crippen LogP contribution in [-0.4, -0.2) is 41.5 Å². The Morgan fingerprint density at radius 3 is 2.70 bits per heavy atom. The Balaban J connectivity index is 1.66. The van der Waals surface area contributed by atoms with Crippen molar-refractivity contribution in [3.8, 4) is 0 Å². The second-order valence-corrected chi connectivity index (χ2v) is 7.38. The topological polar surface area (TPSA) is 54.7 Å². The van der Waals surface area contributed by atoms with E-state index in [0.29, 0.717) is 42.9 Å². The fourth-order valence-electron chi connectivity index (χ4n) is 2.07. The van der Waals surface area contributed by atoms with Gasteiger partial charge in [0.1, 0.15) is 17.1 Å². The number of carbonyl (C=O) groups is 1. The third kappa shape index (κ3) is 6.02. The number of hydrogen-bond donors (Lipinski definition) is 1. The molecular weight excluding hydrogens is 326 g/mol. The van der Waals surface area contributed by atoms with Crippen molar-refractivity contribution < 1.29 is 22.7 Å². The summed E-state index contributed by atoms with van der Waals surface area (Å²) in [5, 5.41) is 3.26. The number of rotatable bonds is 6. The maximum absolute atomic E-state index is 12.1. The van der Waals surface area contributed by atoms with Crippen LogP contribution in [0.25, 0.3) is 0 Å². The molecule has 5 nitrogen and oxygen atoms in total. The SMILES string of the molecule is CC(C)(C)OC(=O)N1CC(NCc2ccc(CSC(F)F)o2)C1. The molecule has 1 aliphatic rings. The van der Waals surface area contributed by atoms with Gasteiger partial charge < -0.3 is 19.4 Å². The number of alkyl halides is 2. The quantitative estimate of drug-likeness (QED) is 0.853. The molecule has 2 rings (SSSR count). The Kier molecular flexibility index (Phi) is 5.91. The molecule has 23 heavy (non-hydrogen) atoms. The molecule has 0 atom stereocenters. The summed E-state index contributed by atoms with van der Waals surface area (Å²) >= 11 is 0.540. The average Bonchev–Trinajstić information content (AvgIpc) is 2.80. The number of likely N-dealkylation sites (tertiary alicyclic amines) is 1. The lowest BCUT2D eigenvalue weighted by atomic mass is 10.1. The van der Waals surface area contributed by atoms with E-state index in [4.69, 9.17) is 9.15 Å². The second kappa shape index (κ2) is 7.53. The molecule has 0 saturated carbocycles. The highest BCUT2D eigenvalue weighted by Crippen LogP contribution is 2.21. The van der Waals surface area contributed by atoms with E-state index in [1.165, 1.54) is 0 Å². The number of ether oxygens (including phenoxy) is 1. The highest BCUT2D eigenvalue weighted by molar-refractivity contribution is 7.98. The lowest BCUT2D eigenvalue weighted by Crippen LogP contribution is -2.60. The first-order chi connectivity index (χ1) is 10.7. The zero-order valence-corrected chi connectivity index (χ0v) is 14.3. The van der Waals surface area contributed by atoms with Crippen molar-refractivity contribution in [2.24, 2.45) is 0 Å². The highest BCUT2D eigenvalue weighted by atomic mass is 32.2. The number of thioether (sulfide) groups is 1. The Morgan fingerprint density at radius 1 is 1.43 bits per heavy atom. The summed E-state index contributed by atoms with van der Waals surface area (Å²) in [6.45, 7) is 7.18. The third-order valence-corrected chi connectivity index (χ3v) is 3.87. The largest absolute Gasteiger partial charge is 0.464 e. The van der Waals surface area contributed by atoms with E-state index < -0.39 is 11.4 Å². The number of hydrogen-bond acceptors (Lipinski definition) is 5. The molecule has 0 bridgehead atoms. The van der Waals surface area contributed by atoms with Gasteiger partial charge in [-0.3, -0.25) is 0 Å². The number of carbonyl (C=O) groups excluding carboxylic acids is 1. The van der Waals surface area contributed by atoms with Crippen LogP contribution in [0.15, 0.2) is 16.5 Å². The predicted molar refractivity (Wildman–Crippen MR) is 84.4 cm³/mol. The summed E-state index contributed by atoms with van der Waals surface area (Å²) in [6, 6.07) is 3.67. The van der Waals surface area contributed by atoms with Crippen LogP contribution in [0.4, 0.5) is 13.6 Å². The van der Waals surface area contributed by atoms with E-state index >= 15 is 0 Å². The first kappa shape index (κ1) is 18.1. The van der Waals surface area contributed by atoms with Gasteiger partial charge >= 0.3 is 6.09 Å². The lowest BCUT2D eigenvalue weighted by Gasteiger charge is -2.40. The minimum atomic E-state index is -2.39. The molecule has 1 aromatic rings. The van der Waals surface area contributed by atoms with Crippen LogP contribution >= 0.6 is 11.8 Å². The van der Waals surface area contributed by atoms with Gasteiger partial charge in [-0.05, 0) is 32.9 Å². The molecule has 8 heteroatoms. The minimum Gasteiger partial charge on any atom is -0.464 e. The van der Waals surface area contributed by atoms with Crippen LogP contribution in [0.1, 0.15) is 32.3 Å². The molecule has 0 spiro atoms. The molecule has 1 aliphatic heterocycles. The van der Waals surface area contributed by atoms with E-state index in [2.05, 4.69) is 5.32 Å². The van der Waals surface area contributed by atoms with Gasteiger partial charge in [0.25, 0.3) is 5.76 Å². The van der Waals surface area contributed by atoms with Gasteiger partial charge in [-0.1, -0.05) is 11.8 Å². The van der Waals surface area contributed by atoms with Crippen LogP contribution in [0.2, 0.25) is 0 Å². The van der Waals surface area contributed by atoms with E-state index in [9.17, 15) is 13.6 Å². The smallest absolute Gasteiger partial charge is 0.410 e. The lowest BCUT2D eigenvalue weighted by molar-refractivity contribution is 0.00505. The number of furan rings is 1. The normalized spacial score (nSPS) is 15.8. The highest BCUT2D eigenvalue weighted by Gasteiger charge is 2.33. The van der Waals surface area contributed by atoms with Crippen LogP contribution in [0, 0.1) is 0 Å². The molecule has 1 aromatic heterocycles. The molecule has 1 amide bonds. The summed E-state index contributed by atoms with van der Waals surface area (Å²) in [7, 11) is 0. The molecule has 1 N–H and O–H groups in total. The van der Waals surface area contributed by atoms with Crippen molar-refractivity contribution in [3.05, 3.63) is 23.7 Å². The van der Waals surface area contributed by atoms with Crippen molar-refractivity contribution in [2.45, 2.75) is 50.5 Å². The molecule has 1 saturated heterocycles. The van der Waals surface area contributed by atoms with Crippen molar-refractivity contribution in [1.29, 1.82) is 0 Å². The Bertz CT molecular complexity index is 525. The molecular formula is C15H22F2N2O3S.